The van der Waals surface area contributed by atoms with Crippen molar-refractivity contribution in [1.29, 1.82) is 0 Å². The van der Waals surface area contributed by atoms with Gasteiger partial charge in [-0.2, -0.15) is 13.2 Å². The van der Waals surface area contributed by atoms with E-state index in [-0.39, 0.29) is 35.9 Å². The molecule has 0 aliphatic carbocycles. The van der Waals surface area contributed by atoms with E-state index in [0.29, 0.717) is 25.6 Å². The summed E-state index contributed by atoms with van der Waals surface area (Å²) in [7, 11) is 4.98. The predicted molar refractivity (Wildman–Crippen MR) is 131 cm³/mol. The van der Waals surface area contributed by atoms with Gasteiger partial charge in [-0.3, -0.25) is 9.89 Å². The Kier molecular flexibility index (Phi) is 9.99. The molecule has 0 saturated carbocycles. The van der Waals surface area contributed by atoms with Crippen LogP contribution < -0.4 is 25.0 Å². The number of rotatable bonds is 7. The van der Waals surface area contributed by atoms with Crippen LogP contribution in [0.15, 0.2) is 23.2 Å². The van der Waals surface area contributed by atoms with E-state index in [0.717, 1.165) is 43.1 Å². The average Bonchev–Trinajstić information content (AvgIpc) is 3.38. The fraction of sp³-hybridized carbons (Fsp3) is 0.667. The number of alkyl halides is 3. The molecule has 0 radical (unpaired) electrons. The molecule has 1 aromatic carbocycles. The lowest BCUT2D eigenvalue weighted by atomic mass is 10.1. The van der Waals surface area contributed by atoms with E-state index in [4.69, 9.17) is 9.47 Å². The van der Waals surface area contributed by atoms with E-state index in [1.54, 1.807) is 21.3 Å². The van der Waals surface area contributed by atoms with Gasteiger partial charge in [0.25, 0.3) is 0 Å². The normalized spacial score (nSPS) is 21.9. The molecule has 0 aromatic heterocycles. The summed E-state index contributed by atoms with van der Waals surface area (Å²) in [6.07, 6.45) is -2.43. The van der Waals surface area contributed by atoms with Crippen LogP contribution in [0, 0.1) is 5.92 Å². The first-order chi connectivity index (χ1) is 14.8. The average molecular weight is 571 g/mol. The Bertz CT molecular complexity index is 743. The minimum Gasteiger partial charge on any atom is -0.497 e. The summed E-state index contributed by atoms with van der Waals surface area (Å²) in [4.78, 5) is 8.02. The predicted octanol–water partition coefficient (Wildman–Crippen LogP) is 2.95. The Balaban J connectivity index is 0.00000363. The van der Waals surface area contributed by atoms with Gasteiger partial charge in [0.05, 0.1) is 20.8 Å². The number of nitrogens with zero attached hydrogens (tertiary/aromatic N) is 3. The summed E-state index contributed by atoms with van der Waals surface area (Å²) in [5, 5.41) is 6.72. The molecule has 2 unspecified atom stereocenters. The monoisotopic (exact) mass is 571 g/mol. The van der Waals surface area contributed by atoms with Gasteiger partial charge >= 0.3 is 6.18 Å². The van der Waals surface area contributed by atoms with Crippen LogP contribution in [0.25, 0.3) is 0 Å². The molecule has 2 atom stereocenters. The van der Waals surface area contributed by atoms with Crippen LogP contribution in [0.1, 0.15) is 12.8 Å². The minimum atomic E-state index is -4.14. The van der Waals surface area contributed by atoms with Crippen LogP contribution in [0.2, 0.25) is 0 Å². The van der Waals surface area contributed by atoms with E-state index in [1.807, 2.05) is 18.2 Å². The first-order valence-electron chi connectivity index (χ1n) is 10.5. The summed E-state index contributed by atoms with van der Waals surface area (Å²) in [6.45, 7) is 2.42. The molecule has 2 saturated heterocycles. The van der Waals surface area contributed by atoms with E-state index in [1.165, 1.54) is 4.90 Å². The molecule has 3 rings (SSSR count). The van der Waals surface area contributed by atoms with Crippen LogP contribution in [-0.4, -0.2) is 83.6 Å². The molecule has 0 bridgehead atoms. The summed E-state index contributed by atoms with van der Waals surface area (Å²) in [5.41, 5.74) is 1.04. The maximum atomic E-state index is 12.6. The number of aliphatic imine (C=N–C) groups is 1. The number of benzene rings is 1. The number of halogens is 4. The van der Waals surface area contributed by atoms with Crippen molar-refractivity contribution in [1.82, 2.24) is 15.5 Å². The molecule has 11 heteroatoms. The molecule has 2 aliphatic heterocycles. The minimum absolute atomic E-state index is 0. The Morgan fingerprint density at radius 3 is 2.38 bits per heavy atom. The quantitative estimate of drug-likeness (QED) is 0.299. The molecule has 0 amide bonds. The Labute approximate surface area is 204 Å². The fourth-order valence-corrected chi connectivity index (χ4v) is 4.19. The number of hydrogen-bond donors (Lipinski definition) is 2. The van der Waals surface area contributed by atoms with Gasteiger partial charge in [-0.15, -0.1) is 24.0 Å². The second-order valence-electron chi connectivity index (χ2n) is 8.10. The van der Waals surface area contributed by atoms with E-state index in [9.17, 15) is 13.2 Å². The third-order valence-electron chi connectivity index (χ3n) is 5.79. The van der Waals surface area contributed by atoms with E-state index < -0.39 is 12.7 Å². The van der Waals surface area contributed by atoms with Crippen LogP contribution in [0.3, 0.4) is 0 Å². The van der Waals surface area contributed by atoms with Crippen LogP contribution >= 0.6 is 24.0 Å². The SMILES string of the molecule is CN=C(NCC1CCN(CC(F)(F)F)C1)NC1CCN(c2cc(OC)cc(OC)c2)C1.I. The standard InChI is InChI=1S/C21H32F3N5O2.HI/c1-25-20(26-11-15-4-6-28(12-15)14-21(22,23)24)27-16-5-7-29(13-16)17-8-18(30-2)10-19(9-17)31-3;/h8-10,15-16H,4-7,11-14H2,1-3H3,(H2,25,26,27);1H. The van der Waals surface area contributed by atoms with E-state index in [2.05, 4.69) is 20.5 Å². The molecule has 1 aromatic rings. The molecule has 2 N–H and O–H groups in total. The van der Waals surface area contributed by atoms with Crippen molar-refractivity contribution in [3.8, 4) is 11.5 Å². The van der Waals surface area contributed by atoms with Crippen molar-refractivity contribution in [2.45, 2.75) is 25.1 Å². The van der Waals surface area contributed by atoms with Gasteiger partial charge in [0.15, 0.2) is 5.96 Å². The van der Waals surface area contributed by atoms with Crippen LogP contribution in [0.5, 0.6) is 11.5 Å². The molecule has 2 heterocycles. The fourth-order valence-electron chi connectivity index (χ4n) is 4.19. The van der Waals surface area contributed by atoms with Gasteiger partial charge < -0.3 is 25.0 Å². The lowest BCUT2D eigenvalue weighted by molar-refractivity contribution is -0.143. The van der Waals surface area contributed by atoms with Crippen molar-refractivity contribution < 1.29 is 22.6 Å². The van der Waals surface area contributed by atoms with Crippen molar-refractivity contribution >= 4 is 35.6 Å². The first kappa shape index (κ1) is 26.6. The topological polar surface area (TPSA) is 61.4 Å². The molecule has 2 fully saturated rings. The lowest BCUT2D eigenvalue weighted by Crippen LogP contribution is -2.46. The summed E-state index contributed by atoms with van der Waals surface area (Å²) in [6, 6.07) is 6.05. The number of ether oxygens (including phenoxy) is 2. The highest BCUT2D eigenvalue weighted by Crippen LogP contribution is 2.30. The van der Waals surface area contributed by atoms with Gasteiger partial charge in [0.1, 0.15) is 11.5 Å². The molecule has 7 nitrogen and oxygen atoms in total. The van der Waals surface area contributed by atoms with Gasteiger partial charge in [-0.05, 0) is 25.3 Å². The second-order valence-corrected chi connectivity index (χ2v) is 8.10. The van der Waals surface area contributed by atoms with Gasteiger partial charge in [0, 0.05) is 63.2 Å². The summed E-state index contributed by atoms with van der Waals surface area (Å²) >= 11 is 0. The smallest absolute Gasteiger partial charge is 0.401 e. The highest BCUT2D eigenvalue weighted by Gasteiger charge is 2.34. The Hall–Kier alpha value is -1.63. The zero-order chi connectivity index (χ0) is 22.4. The summed E-state index contributed by atoms with van der Waals surface area (Å²) < 4.78 is 48.4. The number of methoxy groups -OCH3 is 2. The number of nitrogens with one attached hydrogen (secondary N) is 2. The molecular weight excluding hydrogens is 538 g/mol. The Morgan fingerprint density at radius 2 is 1.78 bits per heavy atom. The third kappa shape index (κ3) is 7.75. The third-order valence-corrected chi connectivity index (χ3v) is 5.79. The molecule has 0 spiro atoms. The zero-order valence-corrected chi connectivity index (χ0v) is 21.1. The summed E-state index contributed by atoms with van der Waals surface area (Å²) in [5.74, 6) is 2.37. The van der Waals surface area contributed by atoms with Crippen LogP contribution in [-0.2, 0) is 0 Å². The van der Waals surface area contributed by atoms with Crippen molar-refractivity contribution in [2.24, 2.45) is 10.9 Å². The highest BCUT2D eigenvalue weighted by atomic mass is 127. The van der Waals surface area contributed by atoms with Crippen molar-refractivity contribution in [3.63, 3.8) is 0 Å². The van der Waals surface area contributed by atoms with Gasteiger partial charge in [-0.25, -0.2) is 0 Å². The second kappa shape index (κ2) is 12.0. The number of guanidine groups is 1. The Morgan fingerprint density at radius 1 is 1.09 bits per heavy atom. The number of likely N-dealkylation sites (tertiary alicyclic amines) is 1. The van der Waals surface area contributed by atoms with Crippen LogP contribution in [0.4, 0.5) is 18.9 Å². The van der Waals surface area contributed by atoms with Crippen molar-refractivity contribution in [3.05, 3.63) is 18.2 Å². The molecule has 2 aliphatic rings. The maximum Gasteiger partial charge on any atom is 0.401 e. The number of hydrogen-bond acceptors (Lipinski definition) is 5. The molecule has 32 heavy (non-hydrogen) atoms. The van der Waals surface area contributed by atoms with Crippen molar-refractivity contribution in [2.75, 3.05) is 65.4 Å². The molecule has 182 valence electrons. The number of anilines is 1. The van der Waals surface area contributed by atoms with Gasteiger partial charge in [-0.1, -0.05) is 0 Å². The highest BCUT2D eigenvalue weighted by molar-refractivity contribution is 14.0. The molecular formula is C21H33F3IN5O2. The largest absolute Gasteiger partial charge is 0.497 e. The van der Waals surface area contributed by atoms with Gasteiger partial charge in [0.2, 0.25) is 0 Å². The maximum absolute atomic E-state index is 12.6. The first-order valence-corrected chi connectivity index (χ1v) is 10.5. The lowest BCUT2D eigenvalue weighted by Gasteiger charge is -2.22. The van der Waals surface area contributed by atoms with E-state index >= 15 is 0 Å². The zero-order valence-electron chi connectivity index (χ0n) is 18.7.